The van der Waals surface area contributed by atoms with Crippen LogP contribution in [0.25, 0.3) is 0 Å². The van der Waals surface area contributed by atoms with E-state index in [1.807, 2.05) is 0 Å². The van der Waals surface area contributed by atoms with Crippen molar-refractivity contribution >= 4 is 0 Å². The fourth-order valence-corrected chi connectivity index (χ4v) is 2.02. The van der Waals surface area contributed by atoms with Crippen molar-refractivity contribution in [2.45, 2.75) is 70.3 Å². The smallest absolute Gasteiger partial charge is 0.00388 e. The van der Waals surface area contributed by atoms with Gasteiger partial charge in [-0.15, -0.1) is 0 Å². The largest absolute Gasteiger partial charge is 0.328 e. The first-order chi connectivity index (χ1) is 5.89. The molecule has 0 atom stereocenters. The van der Waals surface area contributed by atoms with Crippen molar-refractivity contribution in [3.8, 4) is 0 Å². The van der Waals surface area contributed by atoms with Gasteiger partial charge in [0.25, 0.3) is 0 Å². The Morgan fingerprint density at radius 1 is 0.615 bits per heavy atom. The molecule has 1 aliphatic carbocycles. The molecule has 0 bridgehead atoms. The summed E-state index contributed by atoms with van der Waals surface area (Å²) < 4.78 is 0. The van der Waals surface area contributed by atoms with Crippen LogP contribution >= 0.6 is 0 Å². The molecule has 0 radical (unpaired) electrons. The Hall–Kier alpha value is 0.674. The van der Waals surface area contributed by atoms with Crippen LogP contribution in [0.4, 0.5) is 0 Å². The maximum atomic E-state index is 5.98. The van der Waals surface area contributed by atoms with E-state index in [9.17, 15) is 0 Å². The molecule has 0 aromatic rings. The molecule has 13 heavy (non-hydrogen) atoms. The number of hydrogen-bond donors (Lipinski definition) is 1. The van der Waals surface area contributed by atoms with Gasteiger partial charge in [0, 0.05) is 27.8 Å². The Morgan fingerprint density at radius 2 is 0.923 bits per heavy atom. The van der Waals surface area contributed by atoms with Crippen molar-refractivity contribution in [1.29, 1.82) is 0 Å². The van der Waals surface area contributed by atoms with E-state index < -0.39 is 0 Å². The predicted octanol–water partition coefficient (Wildman–Crippen LogP) is 3.23. The molecule has 2 N–H and O–H groups in total. The van der Waals surface area contributed by atoms with Crippen LogP contribution in [0.2, 0.25) is 0 Å². The van der Waals surface area contributed by atoms with E-state index in [1.165, 1.54) is 64.2 Å². The summed E-state index contributed by atoms with van der Waals surface area (Å²) in [6, 6.07) is 0.503. The van der Waals surface area contributed by atoms with E-state index in [0.29, 0.717) is 6.04 Å². The summed E-state index contributed by atoms with van der Waals surface area (Å²) in [5.74, 6) is 0. The average molecular weight is 217 g/mol. The summed E-state index contributed by atoms with van der Waals surface area (Å²) in [5.41, 5.74) is 5.98. The summed E-state index contributed by atoms with van der Waals surface area (Å²) in [5, 5.41) is 0. The van der Waals surface area contributed by atoms with Gasteiger partial charge in [-0.05, 0) is 12.8 Å². The standard InChI is InChI=1S/C11H23N.Ti/c12-11-9-7-5-3-1-2-4-6-8-10-11;/h11H,1-10,12H2;. The Morgan fingerprint density at radius 3 is 1.31 bits per heavy atom. The molecular weight excluding hydrogens is 194 g/mol. The van der Waals surface area contributed by atoms with E-state index >= 15 is 0 Å². The van der Waals surface area contributed by atoms with E-state index in [2.05, 4.69) is 0 Å². The van der Waals surface area contributed by atoms with Crippen molar-refractivity contribution in [2.75, 3.05) is 0 Å². The molecule has 0 aliphatic heterocycles. The maximum Gasteiger partial charge on any atom is 0.00388 e. The molecule has 1 nitrogen and oxygen atoms in total. The van der Waals surface area contributed by atoms with E-state index in [4.69, 9.17) is 5.73 Å². The minimum Gasteiger partial charge on any atom is -0.328 e. The summed E-state index contributed by atoms with van der Waals surface area (Å²) in [6.45, 7) is 0. The van der Waals surface area contributed by atoms with Crippen molar-refractivity contribution < 1.29 is 21.7 Å². The van der Waals surface area contributed by atoms with Gasteiger partial charge in [-0.2, -0.15) is 0 Å². The van der Waals surface area contributed by atoms with Crippen LogP contribution in [0, 0.1) is 0 Å². The molecule has 0 heterocycles. The third-order valence-electron chi connectivity index (χ3n) is 2.90. The minimum absolute atomic E-state index is 0. The van der Waals surface area contributed by atoms with Crippen LogP contribution in [-0.4, -0.2) is 6.04 Å². The van der Waals surface area contributed by atoms with Gasteiger partial charge in [0.15, 0.2) is 0 Å². The zero-order chi connectivity index (χ0) is 8.65. The fourth-order valence-electron chi connectivity index (χ4n) is 2.02. The second kappa shape index (κ2) is 9.24. The SMILES string of the molecule is NC1CCCCCCCCCC1.[Ti]. The molecule has 0 amide bonds. The van der Waals surface area contributed by atoms with Crippen molar-refractivity contribution in [3.63, 3.8) is 0 Å². The Labute approximate surface area is 97.7 Å². The van der Waals surface area contributed by atoms with Gasteiger partial charge in [-0.3, -0.25) is 0 Å². The van der Waals surface area contributed by atoms with E-state index in [0.717, 1.165) is 0 Å². The first-order valence-electron chi connectivity index (χ1n) is 5.65. The van der Waals surface area contributed by atoms with Crippen molar-refractivity contribution in [3.05, 3.63) is 0 Å². The summed E-state index contributed by atoms with van der Waals surface area (Å²) in [7, 11) is 0. The average Bonchev–Trinajstić information content (AvgIpc) is 2.11. The van der Waals surface area contributed by atoms with E-state index in [-0.39, 0.29) is 21.7 Å². The first-order valence-corrected chi connectivity index (χ1v) is 5.65. The molecule has 0 spiro atoms. The number of nitrogens with two attached hydrogens (primary N) is 1. The Balaban J connectivity index is 0.00000144. The summed E-state index contributed by atoms with van der Waals surface area (Å²) >= 11 is 0. The monoisotopic (exact) mass is 217 g/mol. The van der Waals surface area contributed by atoms with Gasteiger partial charge in [0.2, 0.25) is 0 Å². The summed E-state index contributed by atoms with van der Waals surface area (Å²) in [4.78, 5) is 0. The molecule has 1 fully saturated rings. The van der Waals surface area contributed by atoms with Crippen LogP contribution in [0.5, 0.6) is 0 Å². The van der Waals surface area contributed by atoms with Gasteiger partial charge < -0.3 is 5.73 Å². The topological polar surface area (TPSA) is 26.0 Å². The van der Waals surface area contributed by atoms with Gasteiger partial charge >= 0.3 is 0 Å². The van der Waals surface area contributed by atoms with Gasteiger partial charge in [-0.1, -0.05) is 51.4 Å². The van der Waals surface area contributed by atoms with Gasteiger partial charge in [0.1, 0.15) is 0 Å². The second-order valence-electron chi connectivity index (χ2n) is 4.17. The minimum atomic E-state index is 0. The van der Waals surface area contributed by atoms with Crippen LogP contribution in [0.3, 0.4) is 0 Å². The summed E-state index contributed by atoms with van der Waals surface area (Å²) in [6.07, 6.45) is 13.9. The number of hydrogen-bond acceptors (Lipinski definition) is 1. The van der Waals surface area contributed by atoms with Gasteiger partial charge in [-0.25, -0.2) is 0 Å². The third kappa shape index (κ3) is 7.72. The van der Waals surface area contributed by atoms with Crippen molar-refractivity contribution in [1.82, 2.24) is 0 Å². The Bertz CT molecular complexity index is 94.3. The molecule has 0 aromatic carbocycles. The molecular formula is C11H23NTi. The zero-order valence-electron chi connectivity index (χ0n) is 8.73. The Kier molecular flexibility index (Phi) is 9.72. The third-order valence-corrected chi connectivity index (χ3v) is 2.90. The molecule has 0 aromatic heterocycles. The zero-order valence-corrected chi connectivity index (χ0v) is 10.3. The van der Waals surface area contributed by atoms with Crippen LogP contribution in [-0.2, 0) is 21.7 Å². The van der Waals surface area contributed by atoms with Crippen LogP contribution in [0.15, 0.2) is 0 Å². The second-order valence-corrected chi connectivity index (χ2v) is 4.17. The van der Waals surface area contributed by atoms with Crippen molar-refractivity contribution in [2.24, 2.45) is 5.73 Å². The van der Waals surface area contributed by atoms with Crippen LogP contribution in [0.1, 0.15) is 64.2 Å². The molecule has 2 heteroatoms. The maximum absolute atomic E-state index is 5.98. The normalized spacial score (nSPS) is 22.8. The molecule has 1 rings (SSSR count). The van der Waals surface area contributed by atoms with E-state index in [1.54, 1.807) is 0 Å². The number of rotatable bonds is 0. The first kappa shape index (κ1) is 13.7. The molecule has 0 saturated heterocycles. The molecule has 1 aliphatic rings. The predicted molar refractivity (Wildman–Crippen MR) is 54.1 cm³/mol. The fraction of sp³-hybridized carbons (Fsp3) is 1.00. The quantitative estimate of drug-likeness (QED) is 0.619. The molecule has 0 unspecified atom stereocenters. The van der Waals surface area contributed by atoms with Crippen LogP contribution < -0.4 is 5.73 Å². The molecule has 76 valence electrons. The molecule has 1 saturated carbocycles. The van der Waals surface area contributed by atoms with Gasteiger partial charge in [0.05, 0.1) is 0 Å².